The summed E-state index contributed by atoms with van der Waals surface area (Å²) < 4.78 is 5.55. The van der Waals surface area contributed by atoms with Crippen LogP contribution in [0.5, 0.6) is 5.75 Å². The van der Waals surface area contributed by atoms with Gasteiger partial charge in [-0.05, 0) is 12.1 Å². The van der Waals surface area contributed by atoms with Crippen LogP contribution < -0.4 is 10.5 Å². The molecule has 1 aromatic rings. The molecule has 0 spiro atoms. The summed E-state index contributed by atoms with van der Waals surface area (Å²) in [5.41, 5.74) is 6.20. The Hall–Kier alpha value is -1.36. The molecule has 1 aliphatic heterocycles. The van der Waals surface area contributed by atoms with Crippen LogP contribution >= 0.6 is 11.8 Å². The molecule has 0 aliphatic carbocycles. The summed E-state index contributed by atoms with van der Waals surface area (Å²) >= 11 is 1.77. The van der Waals surface area contributed by atoms with E-state index in [0.29, 0.717) is 11.4 Å². The van der Waals surface area contributed by atoms with Gasteiger partial charge in [-0.15, -0.1) is 0 Å². The van der Waals surface area contributed by atoms with E-state index in [1.54, 1.807) is 23.9 Å². The van der Waals surface area contributed by atoms with Crippen molar-refractivity contribution in [3.05, 3.63) is 23.8 Å². The van der Waals surface area contributed by atoms with E-state index in [9.17, 15) is 4.79 Å². The van der Waals surface area contributed by atoms with Gasteiger partial charge in [0.15, 0.2) is 5.75 Å². The minimum Gasteiger partial charge on any atom is -0.486 e. The summed E-state index contributed by atoms with van der Waals surface area (Å²) in [7, 11) is 0. The Morgan fingerprint density at radius 1 is 1.53 bits per heavy atom. The first kappa shape index (κ1) is 10.2. The number of hydrogen-bond donors (Lipinski definition) is 2. The summed E-state index contributed by atoms with van der Waals surface area (Å²) in [6, 6.07) is 4.76. The highest BCUT2D eigenvalue weighted by atomic mass is 32.2. The number of carbonyl (C=O) groups is 1. The first-order chi connectivity index (χ1) is 7.18. The average molecular weight is 225 g/mol. The molecular weight excluding hydrogens is 214 g/mol. The van der Waals surface area contributed by atoms with Gasteiger partial charge in [0, 0.05) is 11.5 Å². The molecule has 5 heteroatoms. The second kappa shape index (κ2) is 4.02. The molecule has 4 nitrogen and oxygen atoms in total. The van der Waals surface area contributed by atoms with Crippen LogP contribution in [0, 0.1) is 0 Å². The third-order valence-electron chi connectivity index (χ3n) is 2.17. The average Bonchev–Trinajstić information content (AvgIpc) is 2.12. The SMILES string of the molecule is Nc1cccc(C(=O)O)c1OC1CSC1. The Morgan fingerprint density at radius 3 is 2.80 bits per heavy atom. The zero-order valence-corrected chi connectivity index (χ0v) is 8.79. The van der Waals surface area contributed by atoms with Crippen molar-refractivity contribution in [3.8, 4) is 5.75 Å². The largest absolute Gasteiger partial charge is 0.486 e. The number of nitrogen functional groups attached to an aromatic ring is 1. The van der Waals surface area contributed by atoms with Crippen LogP contribution in [0.15, 0.2) is 18.2 Å². The first-order valence-electron chi connectivity index (χ1n) is 4.54. The second-order valence-electron chi connectivity index (χ2n) is 3.31. The number of carboxylic acid groups (broad SMARTS) is 1. The van der Waals surface area contributed by atoms with Crippen molar-refractivity contribution >= 4 is 23.4 Å². The number of anilines is 1. The lowest BCUT2D eigenvalue weighted by atomic mass is 10.1. The van der Waals surface area contributed by atoms with Crippen LogP contribution in [0.1, 0.15) is 10.4 Å². The smallest absolute Gasteiger partial charge is 0.339 e. The molecule has 1 aliphatic rings. The van der Waals surface area contributed by atoms with Crippen molar-refractivity contribution in [1.29, 1.82) is 0 Å². The molecule has 0 unspecified atom stereocenters. The van der Waals surface area contributed by atoms with Gasteiger partial charge in [-0.2, -0.15) is 11.8 Å². The molecular formula is C10H11NO3S. The highest BCUT2D eigenvalue weighted by molar-refractivity contribution is 8.00. The number of nitrogens with two attached hydrogens (primary N) is 1. The van der Waals surface area contributed by atoms with Gasteiger partial charge in [0.2, 0.25) is 0 Å². The number of thioether (sulfide) groups is 1. The van der Waals surface area contributed by atoms with Crippen molar-refractivity contribution in [1.82, 2.24) is 0 Å². The molecule has 1 aromatic carbocycles. The molecule has 80 valence electrons. The third-order valence-corrected chi connectivity index (χ3v) is 3.38. The highest BCUT2D eigenvalue weighted by Crippen LogP contribution is 2.31. The maximum absolute atomic E-state index is 10.9. The van der Waals surface area contributed by atoms with Crippen LogP contribution in [0.25, 0.3) is 0 Å². The Balaban J connectivity index is 2.29. The lowest BCUT2D eigenvalue weighted by Gasteiger charge is -2.27. The third kappa shape index (κ3) is 2.02. The summed E-state index contributed by atoms with van der Waals surface area (Å²) in [5, 5.41) is 8.95. The summed E-state index contributed by atoms with van der Waals surface area (Å²) in [6.45, 7) is 0. The minimum absolute atomic E-state index is 0.0952. The van der Waals surface area contributed by atoms with E-state index in [1.807, 2.05) is 0 Å². The Bertz CT molecular complexity index is 390. The fourth-order valence-corrected chi connectivity index (χ4v) is 1.87. The fourth-order valence-electron chi connectivity index (χ4n) is 1.30. The number of carboxylic acids is 1. The van der Waals surface area contributed by atoms with E-state index in [1.165, 1.54) is 6.07 Å². The van der Waals surface area contributed by atoms with Crippen LogP contribution in [0.4, 0.5) is 5.69 Å². The van der Waals surface area contributed by atoms with Crippen molar-refractivity contribution in [2.24, 2.45) is 0 Å². The standard InChI is InChI=1S/C10H11NO3S/c11-8-3-1-2-7(10(12)13)9(8)14-6-4-15-5-6/h1-3,6H,4-5,11H2,(H,12,13). The second-order valence-corrected chi connectivity index (χ2v) is 4.38. The van der Waals surface area contributed by atoms with Crippen molar-refractivity contribution in [3.63, 3.8) is 0 Å². The Labute approximate surface area is 91.4 Å². The quantitative estimate of drug-likeness (QED) is 0.762. The summed E-state index contributed by atoms with van der Waals surface area (Å²) in [6.07, 6.45) is 0.0952. The predicted molar refractivity (Wildman–Crippen MR) is 59.6 cm³/mol. The predicted octanol–water partition coefficient (Wildman–Crippen LogP) is 1.46. The van der Waals surface area contributed by atoms with Gasteiger partial charge in [0.1, 0.15) is 11.7 Å². The van der Waals surface area contributed by atoms with Gasteiger partial charge < -0.3 is 15.6 Å². The molecule has 15 heavy (non-hydrogen) atoms. The molecule has 1 saturated heterocycles. The number of ether oxygens (including phenoxy) is 1. The molecule has 2 rings (SSSR count). The van der Waals surface area contributed by atoms with Gasteiger partial charge in [-0.1, -0.05) is 6.07 Å². The number of benzene rings is 1. The van der Waals surface area contributed by atoms with Crippen LogP contribution in [0.3, 0.4) is 0 Å². The van der Waals surface area contributed by atoms with Crippen LogP contribution in [0.2, 0.25) is 0 Å². The first-order valence-corrected chi connectivity index (χ1v) is 5.70. The van der Waals surface area contributed by atoms with Crippen LogP contribution in [-0.4, -0.2) is 28.7 Å². The van der Waals surface area contributed by atoms with E-state index >= 15 is 0 Å². The maximum Gasteiger partial charge on any atom is 0.339 e. The van der Waals surface area contributed by atoms with Gasteiger partial charge in [0.25, 0.3) is 0 Å². The molecule has 0 amide bonds. The maximum atomic E-state index is 10.9. The molecule has 1 heterocycles. The molecule has 0 saturated carbocycles. The van der Waals surface area contributed by atoms with Crippen LogP contribution in [-0.2, 0) is 0 Å². The molecule has 0 aromatic heterocycles. The number of rotatable bonds is 3. The van der Waals surface area contributed by atoms with Gasteiger partial charge in [-0.25, -0.2) is 4.79 Å². The van der Waals surface area contributed by atoms with Crippen molar-refractivity contribution < 1.29 is 14.6 Å². The normalized spacial score (nSPS) is 15.7. The fraction of sp³-hybridized carbons (Fsp3) is 0.300. The van der Waals surface area contributed by atoms with Gasteiger partial charge in [-0.3, -0.25) is 0 Å². The topological polar surface area (TPSA) is 72.6 Å². The summed E-state index contributed by atoms with van der Waals surface area (Å²) in [4.78, 5) is 10.9. The Morgan fingerprint density at radius 2 is 2.27 bits per heavy atom. The lowest BCUT2D eigenvalue weighted by molar-refractivity contribution is 0.0690. The van der Waals surface area contributed by atoms with Crippen molar-refractivity contribution in [2.75, 3.05) is 17.2 Å². The van der Waals surface area contributed by atoms with Gasteiger partial charge >= 0.3 is 5.97 Å². The number of para-hydroxylation sites is 1. The Kier molecular flexibility index (Phi) is 2.73. The monoisotopic (exact) mass is 225 g/mol. The molecule has 1 fully saturated rings. The van der Waals surface area contributed by atoms with E-state index in [4.69, 9.17) is 15.6 Å². The van der Waals surface area contributed by atoms with E-state index in [-0.39, 0.29) is 11.7 Å². The molecule has 3 N–H and O–H groups in total. The summed E-state index contributed by atoms with van der Waals surface area (Å²) in [5.74, 6) is 1.08. The van der Waals surface area contributed by atoms with Gasteiger partial charge in [0.05, 0.1) is 5.69 Å². The zero-order valence-electron chi connectivity index (χ0n) is 7.97. The van der Waals surface area contributed by atoms with E-state index < -0.39 is 5.97 Å². The molecule has 0 bridgehead atoms. The molecule has 0 atom stereocenters. The minimum atomic E-state index is -1.01. The highest BCUT2D eigenvalue weighted by Gasteiger charge is 2.23. The van der Waals surface area contributed by atoms with Crippen molar-refractivity contribution in [2.45, 2.75) is 6.10 Å². The number of aromatic carboxylic acids is 1. The zero-order chi connectivity index (χ0) is 10.8. The number of hydrogen-bond acceptors (Lipinski definition) is 4. The molecule has 0 radical (unpaired) electrons. The lowest BCUT2D eigenvalue weighted by Crippen LogP contribution is -2.31. The van der Waals surface area contributed by atoms with E-state index in [0.717, 1.165) is 11.5 Å². The van der Waals surface area contributed by atoms with E-state index in [2.05, 4.69) is 0 Å².